The Balaban J connectivity index is 0.000000923. The Kier molecular flexibility index (Phi) is 14.6. The van der Waals surface area contributed by atoms with E-state index < -0.39 is 5.97 Å². The van der Waals surface area contributed by atoms with Crippen LogP contribution in [0.2, 0.25) is 0 Å². The lowest BCUT2D eigenvalue weighted by atomic mass is 9.81. The van der Waals surface area contributed by atoms with Gasteiger partial charge in [0.15, 0.2) is 0 Å². The molecule has 38 heavy (non-hydrogen) atoms. The molecule has 4 N–H and O–H groups in total. The van der Waals surface area contributed by atoms with Crippen LogP contribution in [0.4, 0.5) is 5.69 Å². The van der Waals surface area contributed by atoms with Gasteiger partial charge in [-0.25, -0.2) is 4.79 Å². The Hall–Kier alpha value is -1.92. The average Bonchev–Trinajstić information content (AvgIpc) is 3.23. The van der Waals surface area contributed by atoms with Crippen molar-refractivity contribution in [2.24, 2.45) is 17.3 Å². The third-order valence-corrected chi connectivity index (χ3v) is 7.39. The average molecular weight is 552 g/mol. The lowest BCUT2D eigenvalue weighted by Gasteiger charge is -2.38. The quantitative estimate of drug-likeness (QED) is 0.357. The van der Waals surface area contributed by atoms with Crippen LogP contribution in [-0.2, 0) is 4.79 Å². The van der Waals surface area contributed by atoms with Gasteiger partial charge in [-0.1, -0.05) is 18.8 Å². The number of carbonyl (C=O) groups excluding carboxylic acids is 1. The molecule has 1 amide bonds. The van der Waals surface area contributed by atoms with Crippen molar-refractivity contribution in [3.05, 3.63) is 15.8 Å². The predicted molar refractivity (Wildman–Crippen MR) is 155 cm³/mol. The molecule has 1 aromatic heterocycles. The second-order valence-corrected chi connectivity index (χ2v) is 12.7. The highest BCUT2D eigenvalue weighted by atomic mass is 32.1. The summed E-state index contributed by atoms with van der Waals surface area (Å²) in [6.07, 6.45) is 5.93. The lowest BCUT2D eigenvalue weighted by molar-refractivity contribution is -0.124. The number of carboxylic acid groups (broad SMARTS) is 1. The normalized spacial score (nSPS) is 23.1. The molecule has 2 fully saturated rings. The number of amides is 1. The van der Waals surface area contributed by atoms with Crippen molar-refractivity contribution in [1.29, 1.82) is 0 Å². The van der Waals surface area contributed by atoms with Gasteiger partial charge in [0, 0.05) is 30.1 Å². The summed E-state index contributed by atoms with van der Waals surface area (Å²) in [5.74, 6) is 5.89. The summed E-state index contributed by atoms with van der Waals surface area (Å²) in [4.78, 5) is 28.5. The molecule has 0 aromatic carbocycles. The van der Waals surface area contributed by atoms with Gasteiger partial charge in [0.2, 0.25) is 5.91 Å². The zero-order valence-electron chi connectivity index (χ0n) is 24.3. The second kappa shape index (κ2) is 16.2. The highest BCUT2D eigenvalue weighted by molar-refractivity contribution is 7.15. The molecule has 0 spiro atoms. The van der Waals surface area contributed by atoms with Gasteiger partial charge < -0.3 is 25.3 Å². The van der Waals surface area contributed by atoms with E-state index in [-0.39, 0.29) is 47.0 Å². The molecule has 2 aliphatic carbocycles. The molecular weight excluding hydrogens is 502 g/mol. The standard InChI is InChI=1S/C25H35NO4S.C3H8O.C2H6O/c1-16-5-7-17(8-6-16)23(28)26(18-9-11-19(27)12-10-18)21-15-20(13-14-25(2,3)4)31-22(21)24(29)30;1-3(2)4;1-2-3/h15-19,27H,5-12H2,1-4H3,(H,29,30);3-4H,1-2H3;3H,2H2,1H3. The molecule has 1 aromatic rings. The summed E-state index contributed by atoms with van der Waals surface area (Å²) in [6.45, 7) is 13.6. The van der Waals surface area contributed by atoms with Crippen molar-refractivity contribution in [2.75, 3.05) is 11.5 Å². The molecule has 0 saturated heterocycles. The minimum atomic E-state index is -1.02. The van der Waals surface area contributed by atoms with Crippen molar-refractivity contribution in [3.63, 3.8) is 0 Å². The van der Waals surface area contributed by atoms with Crippen LogP contribution in [0.15, 0.2) is 6.07 Å². The molecule has 0 unspecified atom stereocenters. The van der Waals surface area contributed by atoms with E-state index >= 15 is 0 Å². The van der Waals surface area contributed by atoms with Gasteiger partial charge in [-0.2, -0.15) is 0 Å². The third kappa shape index (κ3) is 11.9. The van der Waals surface area contributed by atoms with E-state index in [0.29, 0.717) is 42.2 Å². The van der Waals surface area contributed by atoms with Crippen molar-refractivity contribution < 1.29 is 30.0 Å². The first-order valence-electron chi connectivity index (χ1n) is 13.9. The minimum absolute atomic E-state index is 0.0453. The predicted octanol–water partition coefficient (Wildman–Crippen LogP) is 5.69. The summed E-state index contributed by atoms with van der Waals surface area (Å²) >= 11 is 1.15. The van der Waals surface area contributed by atoms with Gasteiger partial charge in [-0.05, 0) is 105 Å². The summed E-state index contributed by atoms with van der Waals surface area (Å²) in [7, 11) is 0. The Labute approximate surface area is 233 Å². The van der Waals surface area contributed by atoms with Crippen LogP contribution in [0.5, 0.6) is 0 Å². The Morgan fingerprint density at radius 2 is 1.58 bits per heavy atom. The zero-order chi connectivity index (χ0) is 29.0. The second-order valence-electron chi connectivity index (χ2n) is 11.7. The Morgan fingerprint density at radius 1 is 1.08 bits per heavy atom. The molecule has 0 radical (unpaired) electrons. The van der Waals surface area contributed by atoms with Gasteiger partial charge >= 0.3 is 5.97 Å². The highest BCUT2D eigenvalue weighted by Gasteiger charge is 2.37. The van der Waals surface area contributed by atoms with E-state index in [1.54, 1.807) is 31.7 Å². The molecule has 8 heteroatoms. The van der Waals surface area contributed by atoms with Crippen LogP contribution in [0, 0.1) is 29.1 Å². The number of anilines is 1. The maximum atomic E-state index is 13.7. The van der Waals surface area contributed by atoms with Crippen molar-refractivity contribution in [2.45, 2.75) is 118 Å². The molecule has 0 bridgehead atoms. The first kappa shape index (κ1) is 34.1. The van der Waals surface area contributed by atoms with E-state index in [9.17, 15) is 19.8 Å². The van der Waals surface area contributed by atoms with E-state index in [2.05, 4.69) is 18.8 Å². The summed E-state index contributed by atoms with van der Waals surface area (Å²) in [6, 6.07) is 1.72. The molecule has 1 heterocycles. The molecule has 3 rings (SSSR count). The topological polar surface area (TPSA) is 118 Å². The fourth-order valence-electron chi connectivity index (χ4n) is 4.54. The van der Waals surface area contributed by atoms with E-state index in [1.165, 1.54) is 0 Å². The highest BCUT2D eigenvalue weighted by Crippen LogP contribution is 2.38. The fourth-order valence-corrected chi connectivity index (χ4v) is 5.38. The summed E-state index contributed by atoms with van der Waals surface area (Å²) in [5, 5.41) is 35.5. The number of aliphatic hydroxyl groups excluding tert-OH is 3. The smallest absolute Gasteiger partial charge is 0.348 e. The number of hydrogen-bond acceptors (Lipinski definition) is 6. The number of thiophene rings is 1. The Morgan fingerprint density at radius 3 is 2.03 bits per heavy atom. The Bertz CT molecular complexity index is 920. The maximum absolute atomic E-state index is 13.7. The van der Waals surface area contributed by atoms with E-state index in [4.69, 9.17) is 10.2 Å². The van der Waals surface area contributed by atoms with Gasteiger partial charge in [0.05, 0.1) is 16.7 Å². The van der Waals surface area contributed by atoms with Crippen molar-refractivity contribution in [3.8, 4) is 11.8 Å². The summed E-state index contributed by atoms with van der Waals surface area (Å²) in [5.41, 5.74) is 0.294. The number of rotatable bonds is 4. The maximum Gasteiger partial charge on any atom is 0.348 e. The molecule has 0 aliphatic heterocycles. The van der Waals surface area contributed by atoms with Crippen molar-refractivity contribution >= 4 is 28.9 Å². The number of nitrogens with zero attached hydrogens (tertiary/aromatic N) is 1. The molecule has 2 aliphatic rings. The molecule has 216 valence electrons. The first-order valence-corrected chi connectivity index (χ1v) is 14.7. The van der Waals surface area contributed by atoms with E-state index in [1.807, 2.05) is 20.8 Å². The lowest BCUT2D eigenvalue weighted by Crippen LogP contribution is -2.47. The van der Waals surface area contributed by atoms with Crippen LogP contribution in [0.3, 0.4) is 0 Å². The molecule has 0 atom stereocenters. The summed E-state index contributed by atoms with van der Waals surface area (Å²) < 4.78 is 0. The number of carbonyl (C=O) groups is 2. The first-order chi connectivity index (χ1) is 17.7. The molecular formula is C30H49NO6S. The SMILES string of the molecule is CC(C)O.CC1CCC(C(=O)N(c2cc(C#CC(C)(C)C)sc2C(=O)O)C2CCC(O)CC2)CC1.CCO. The fraction of sp³-hybridized carbons (Fsp3) is 0.733. The number of aromatic carboxylic acids is 1. The van der Waals surface area contributed by atoms with Gasteiger partial charge in [0.25, 0.3) is 0 Å². The minimum Gasteiger partial charge on any atom is -0.477 e. The van der Waals surface area contributed by atoms with Gasteiger partial charge in [0.1, 0.15) is 4.88 Å². The number of aliphatic hydroxyl groups is 3. The zero-order valence-corrected chi connectivity index (χ0v) is 25.1. The molecule has 2 saturated carbocycles. The van der Waals surface area contributed by atoms with E-state index in [0.717, 1.165) is 37.0 Å². The van der Waals surface area contributed by atoms with Gasteiger partial charge in [-0.3, -0.25) is 4.79 Å². The number of carboxylic acids is 1. The third-order valence-electron chi connectivity index (χ3n) is 6.36. The number of hydrogen-bond donors (Lipinski definition) is 4. The largest absolute Gasteiger partial charge is 0.477 e. The van der Waals surface area contributed by atoms with Gasteiger partial charge in [-0.15, -0.1) is 11.3 Å². The van der Waals surface area contributed by atoms with Crippen LogP contribution in [0.1, 0.15) is 114 Å². The van der Waals surface area contributed by atoms with Crippen molar-refractivity contribution in [1.82, 2.24) is 0 Å². The van der Waals surface area contributed by atoms with Crippen LogP contribution in [-0.4, -0.2) is 57.2 Å². The monoisotopic (exact) mass is 551 g/mol. The van der Waals surface area contributed by atoms with Crippen LogP contribution in [0.25, 0.3) is 0 Å². The molecule has 7 nitrogen and oxygen atoms in total. The van der Waals surface area contributed by atoms with Crippen LogP contribution >= 0.6 is 11.3 Å². The van der Waals surface area contributed by atoms with Crippen LogP contribution < -0.4 is 4.90 Å².